The first-order chi connectivity index (χ1) is 7.84. The fourth-order valence-electron chi connectivity index (χ4n) is 1.59. The van der Waals surface area contributed by atoms with Gasteiger partial charge in [0.1, 0.15) is 11.3 Å². The van der Waals surface area contributed by atoms with Crippen molar-refractivity contribution in [3.05, 3.63) is 39.9 Å². The third kappa shape index (κ3) is 3.73. The average molecular weight is 337 g/mol. The van der Waals surface area contributed by atoms with E-state index in [9.17, 15) is 9.90 Å². The van der Waals surface area contributed by atoms with Crippen LogP contribution in [0.2, 0.25) is 0 Å². The summed E-state index contributed by atoms with van der Waals surface area (Å²) in [5, 5.41) is 18.8. The van der Waals surface area contributed by atoms with Crippen molar-refractivity contribution >= 4 is 34.3 Å². The predicted octanol–water partition coefficient (Wildman–Crippen LogP) is 3.24. The van der Waals surface area contributed by atoms with Crippen LogP contribution in [0.25, 0.3) is 0 Å². The van der Waals surface area contributed by atoms with Crippen molar-refractivity contribution in [3.63, 3.8) is 0 Å². The molecule has 1 aromatic carbocycles. The second-order valence-corrected chi connectivity index (χ2v) is 4.78. The van der Waals surface area contributed by atoms with Crippen molar-refractivity contribution in [2.24, 2.45) is 5.73 Å². The Labute approximate surface area is 120 Å². The fraction of sp³-hybridized carbons (Fsp3) is 0.250. The minimum atomic E-state index is -1.18. The monoisotopic (exact) mass is 335 g/mol. The molecule has 0 bridgehead atoms. The van der Waals surface area contributed by atoms with Gasteiger partial charge in [-0.3, -0.25) is 0 Å². The summed E-state index contributed by atoms with van der Waals surface area (Å²) in [5.74, 6) is -1.47. The van der Waals surface area contributed by atoms with Gasteiger partial charge < -0.3 is 15.9 Å². The molecule has 0 aliphatic rings. The van der Waals surface area contributed by atoms with Crippen LogP contribution in [-0.4, -0.2) is 16.2 Å². The van der Waals surface area contributed by atoms with Gasteiger partial charge in [-0.05, 0) is 25.5 Å². The Morgan fingerprint density at radius 2 is 2.11 bits per heavy atom. The molecule has 1 rings (SSSR count). The molecule has 0 saturated carbocycles. The van der Waals surface area contributed by atoms with Crippen LogP contribution in [0.5, 0.6) is 5.75 Å². The molecule has 0 heterocycles. The number of phenols is 1. The molecule has 0 amide bonds. The van der Waals surface area contributed by atoms with Crippen LogP contribution in [-0.2, 0) is 0 Å². The number of nitrogens with two attached hydrogens (primary N) is 1. The van der Waals surface area contributed by atoms with Crippen molar-refractivity contribution in [2.75, 3.05) is 0 Å². The maximum absolute atomic E-state index is 10.9. The second-order valence-electron chi connectivity index (χ2n) is 3.93. The number of aromatic carboxylic acids is 1. The number of carboxylic acids is 1. The first-order valence-corrected chi connectivity index (χ1v) is 5.78. The summed E-state index contributed by atoms with van der Waals surface area (Å²) >= 11 is 3.26. The van der Waals surface area contributed by atoms with E-state index in [2.05, 4.69) is 22.5 Å². The zero-order valence-corrected chi connectivity index (χ0v) is 12.2. The lowest BCUT2D eigenvalue weighted by Crippen LogP contribution is -2.13. The molecular weight excluding hydrogens is 321 g/mol. The minimum Gasteiger partial charge on any atom is -0.507 e. The zero-order chi connectivity index (χ0) is 13.2. The predicted molar refractivity (Wildman–Crippen MR) is 76.4 cm³/mol. The smallest absolute Gasteiger partial charge is 0.339 e. The van der Waals surface area contributed by atoms with Crippen molar-refractivity contribution in [2.45, 2.75) is 19.4 Å². The van der Waals surface area contributed by atoms with Gasteiger partial charge in [0.05, 0.1) is 0 Å². The molecule has 0 unspecified atom stereocenters. The van der Waals surface area contributed by atoms with E-state index in [0.29, 0.717) is 16.5 Å². The van der Waals surface area contributed by atoms with Gasteiger partial charge in [0.15, 0.2) is 0 Å². The van der Waals surface area contributed by atoms with Gasteiger partial charge in [-0.25, -0.2) is 4.79 Å². The molecule has 1 aromatic rings. The molecule has 0 aliphatic heterocycles. The maximum Gasteiger partial charge on any atom is 0.339 e. The van der Waals surface area contributed by atoms with Gasteiger partial charge in [-0.2, -0.15) is 0 Å². The number of hydrogen-bond acceptors (Lipinski definition) is 3. The number of hydrogen-bond donors (Lipinski definition) is 3. The highest BCUT2D eigenvalue weighted by molar-refractivity contribution is 9.10. The molecule has 0 saturated heterocycles. The van der Waals surface area contributed by atoms with Crippen molar-refractivity contribution in [1.82, 2.24) is 0 Å². The van der Waals surface area contributed by atoms with Gasteiger partial charge >= 0.3 is 5.97 Å². The summed E-state index contributed by atoms with van der Waals surface area (Å²) in [7, 11) is 0. The Kier molecular flexibility index (Phi) is 6.38. The van der Waals surface area contributed by atoms with E-state index >= 15 is 0 Å². The van der Waals surface area contributed by atoms with E-state index in [-0.39, 0.29) is 23.7 Å². The van der Waals surface area contributed by atoms with Crippen LogP contribution in [0.15, 0.2) is 28.8 Å². The molecule has 0 fully saturated rings. The van der Waals surface area contributed by atoms with Crippen LogP contribution in [0, 0.1) is 0 Å². The Hall–Kier alpha value is -1.04. The number of benzene rings is 1. The summed E-state index contributed by atoms with van der Waals surface area (Å²) in [6.07, 6.45) is 0.481. The topological polar surface area (TPSA) is 83.6 Å². The highest BCUT2D eigenvalue weighted by atomic mass is 79.9. The average Bonchev–Trinajstić information content (AvgIpc) is 2.15. The normalized spacial score (nSPS) is 11.5. The van der Waals surface area contributed by atoms with Gasteiger partial charge in [-0.1, -0.05) is 21.5 Å². The molecule has 4 N–H and O–H groups in total. The molecule has 100 valence electrons. The largest absolute Gasteiger partial charge is 0.507 e. The SMILES string of the molecule is C=C(C)C[C@H](N)c1c(Br)ccc(C(=O)O)c1O.Cl. The summed E-state index contributed by atoms with van der Waals surface area (Å²) in [6, 6.07) is 2.41. The van der Waals surface area contributed by atoms with E-state index in [4.69, 9.17) is 10.8 Å². The summed E-state index contributed by atoms with van der Waals surface area (Å²) < 4.78 is 0.591. The molecule has 0 radical (unpaired) electrons. The molecule has 1 atom stereocenters. The lowest BCUT2D eigenvalue weighted by Gasteiger charge is -2.16. The van der Waals surface area contributed by atoms with Crippen LogP contribution in [0.4, 0.5) is 0 Å². The first kappa shape index (κ1) is 17.0. The minimum absolute atomic E-state index is 0. The van der Waals surface area contributed by atoms with Crippen molar-refractivity contribution < 1.29 is 15.0 Å². The van der Waals surface area contributed by atoms with Gasteiger partial charge in [0.2, 0.25) is 0 Å². The van der Waals surface area contributed by atoms with Gasteiger partial charge in [-0.15, -0.1) is 19.0 Å². The summed E-state index contributed by atoms with van der Waals surface area (Å²) in [5.41, 5.74) is 7.03. The van der Waals surface area contributed by atoms with Crippen LogP contribution in [0.3, 0.4) is 0 Å². The van der Waals surface area contributed by atoms with E-state index in [1.165, 1.54) is 6.07 Å². The second kappa shape index (κ2) is 6.78. The number of halogens is 2. The summed E-state index contributed by atoms with van der Waals surface area (Å²) in [4.78, 5) is 10.9. The molecule has 4 nitrogen and oxygen atoms in total. The number of carboxylic acid groups (broad SMARTS) is 1. The van der Waals surface area contributed by atoms with E-state index < -0.39 is 12.0 Å². The Balaban J connectivity index is 0.00000289. The van der Waals surface area contributed by atoms with Crippen LogP contribution >= 0.6 is 28.3 Å². The Morgan fingerprint density at radius 3 is 2.56 bits per heavy atom. The summed E-state index contributed by atoms with van der Waals surface area (Å²) in [6.45, 7) is 5.57. The number of rotatable bonds is 4. The van der Waals surface area contributed by atoms with Gasteiger partial charge in [0.25, 0.3) is 0 Å². The van der Waals surface area contributed by atoms with Gasteiger partial charge in [0, 0.05) is 16.1 Å². The number of carbonyl (C=O) groups is 1. The lowest BCUT2D eigenvalue weighted by molar-refractivity contribution is 0.0693. The lowest BCUT2D eigenvalue weighted by atomic mass is 9.98. The Morgan fingerprint density at radius 1 is 1.56 bits per heavy atom. The van der Waals surface area contributed by atoms with Crippen LogP contribution in [0.1, 0.15) is 35.3 Å². The standard InChI is InChI=1S/C12H14BrNO3.ClH/c1-6(2)5-9(14)10-8(13)4-3-7(11(10)15)12(16)17;/h3-4,9,15H,1,5,14H2,2H3,(H,16,17);1H/t9-;/m0./s1. The molecule has 6 heteroatoms. The molecule has 0 aliphatic carbocycles. The first-order valence-electron chi connectivity index (χ1n) is 4.99. The maximum atomic E-state index is 10.9. The van der Waals surface area contributed by atoms with E-state index in [0.717, 1.165) is 5.57 Å². The van der Waals surface area contributed by atoms with Crippen LogP contribution < -0.4 is 5.73 Å². The highest BCUT2D eigenvalue weighted by Gasteiger charge is 2.20. The van der Waals surface area contributed by atoms with E-state index in [1.807, 2.05) is 6.92 Å². The zero-order valence-electron chi connectivity index (χ0n) is 9.81. The molecule has 18 heavy (non-hydrogen) atoms. The molecular formula is C12H15BrClNO3. The van der Waals surface area contributed by atoms with Crippen molar-refractivity contribution in [3.8, 4) is 5.75 Å². The third-order valence-electron chi connectivity index (χ3n) is 2.33. The number of aromatic hydroxyl groups is 1. The fourth-order valence-corrected chi connectivity index (χ4v) is 2.20. The molecule has 0 spiro atoms. The molecule has 0 aromatic heterocycles. The van der Waals surface area contributed by atoms with Crippen molar-refractivity contribution in [1.29, 1.82) is 0 Å². The third-order valence-corrected chi connectivity index (χ3v) is 3.02. The highest BCUT2D eigenvalue weighted by Crippen LogP contribution is 2.35. The van der Waals surface area contributed by atoms with E-state index in [1.54, 1.807) is 6.07 Å². The Bertz CT molecular complexity index is 477. The quantitative estimate of drug-likeness (QED) is 0.737.